The van der Waals surface area contributed by atoms with Crippen LogP contribution in [0.15, 0.2) is 0 Å². The molecule has 3 N–H and O–H groups in total. The molecule has 0 aliphatic carbocycles. The van der Waals surface area contributed by atoms with E-state index in [2.05, 4.69) is 0 Å². The number of carbonyl (C=O) groups is 1. The summed E-state index contributed by atoms with van der Waals surface area (Å²) in [7, 11) is -3.40. The van der Waals surface area contributed by atoms with E-state index in [1.807, 2.05) is 0 Å². The van der Waals surface area contributed by atoms with Gasteiger partial charge in [-0.1, -0.05) is 0 Å². The van der Waals surface area contributed by atoms with Crippen LogP contribution in [0.5, 0.6) is 0 Å². The van der Waals surface area contributed by atoms with Crippen LogP contribution in [0, 0.1) is 0 Å². The van der Waals surface area contributed by atoms with Gasteiger partial charge in [-0.25, -0.2) is 13.9 Å². The van der Waals surface area contributed by atoms with Gasteiger partial charge in [0.1, 0.15) is 6.10 Å². The molecule has 0 aromatic heterocycles. The molecule has 0 spiro atoms. The summed E-state index contributed by atoms with van der Waals surface area (Å²) in [5, 5.41) is 16.6. The number of hydroxylamine groups is 1. The molecular formula is C4H9NO5S. The van der Waals surface area contributed by atoms with Gasteiger partial charge < -0.3 is 5.11 Å². The second-order valence-electron chi connectivity index (χ2n) is 2.08. The fraction of sp³-hybridized carbons (Fsp3) is 0.750. The fourth-order valence-electron chi connectivity index (χ4n) is 0.437. The lowest BCUT2D eigenvalue weighted by molar-refractivity contribution is -0.136. The summed E-state index contributed by atoms with van der Waals surface area (Å²) in [5.74, 6) is -1.82. The van der Waals surface area contributed by atoms with Crippen molar-refractivity contribution in [3.05, 3.63) is 0 Å². The standard InChI is InChI=1S/C4H9NO5S/c1-11(9,10)2-3(6)4(7)5-8/h3,6,8H,2H2,1H3,(H,5,7). The molecule has 0 aliphatic rings. The number of hydrogen-bond donors (Lipinski definition) is 3. The van der Waals surface area contributed by atoms with Crippen LogP contribution in [-0.4, -0.2) is 42.8 Å². The van der Waals surface area contributed by atoms with E-state index >= 15 is 0 Å². The van der Waals surface area contributed by atoms with Crippen molar-refractivity contribution < 1.29 is 23.5 Å². The third kappa shape index (κ3) is 4.71. The van der Waals surface area contributed by atoms with E-state index in [0.717, 1.165) is 11.7 Å². The smallest absolute Gasteiger partial charge is 0.273 e. The molecule has 0 bridgehead atoms. The van der Waals surface area contributed by atoms with Crippen molar-refractivity contribution in [1.29, 1.82) is 0 Å². The van der Waals surface area contributed by atoms with E-state index in [1.165, 1.54) is 0 Å². The first kappa shape index (κ1) is 10.3. The SMILES string of the molecule is CS(=O)(=O)CC(O)C(=O)NO. The second kappa shape index (κ2) is 3.65. The summed E-state index contributed by atoms with van der Waals surface area (Å²) in [6.07, 6.45) is -0.837. The molecule has 1 atom stereocenters. The maximum atomic E-state index is 10.4. The molecular weight excluding hydrogens is 174 g/mol. The van der Waals surface area contributed by atoms with Crippen molar-refractivity contribution >= 4 is 15.7 Å². The van der Waals surface area contributed by atoms with Gasteiger partial charge >= 0.3 is 0 Å². The summed E-state index contributed by atoms with van der Waals surface area (Å²) in [6.45, 7) is 0. The Morgan fingerprint density at radius 3 is 2.36 bits per heavy atom. The normalized spacial score (nSPS) is 14.1. The van der Waals surface area contributed by atoms with Crippen LogP contribution in [0.2, 0.25) is 0 Å². The van der Waals surface area contributed by atoms with Gasteiger partial charge in [-0.05, 0) is 0 Å². The average molecular weight is 183 g/mol. The van der Waals surface area contributed by atoms with Crippen molar-refractivity contribution in [2.45, 2.75) is 6.10 Å². The molecule has 0 radical (unpaired) electrons. The summed E-state index contributed by atoms with van der Waals surface area (Å²) in [5.41, 5.74) is 1.13. The van der Waals surface area contributed by atoms with Gasteiger partial charge in [0.25, 0.3) is 5.91 Å². The van der Waals surface area contributed by atoms with Gasteiger partial charge in [-0.2, -0.15) is 0 Å². The van der Waals surface area contributed by atoms with Crippen molar-refractivity contribution in [2.24, 2.45) is 0 Å². The Balaban J connectivity index is 4.09. The van der Waals surface area contributed by atoms with E-state index < -0.39 is 27.6 Å². The van der Waals surface area contributed by atoms with Crippen molar-refractivity contribution in [2.75, 3.05) is 12.0 Å². The number of aliphatic hydroxyl groups excluding tert-OH is 1. The monoisotopic (exact) mass is 183 g/mol. The van der Waals surface area contributed by atoms with Gasteiger partial charge in [0.05, 0.1) is 5.75 Å². The minimum absolute atomic E-state index is 0.695. The molecule has 1 unspecified atom stereocenters. The van der Waals surface area contributed by atoms with Gasteiger partial charge in [0.15, 0.2) is 9.84 Å². The number of sulfone groups is 1. The van der Waals surface area contributed by atoms with Crippen LogP contribution in [0.4, 0.5) is 0 Å². The third-order valence-corrected chi connectivity index (χ3v) is 1.79. The molecule has 1 amide bonds. The molecule has 0 aromatic rings. The van der Waals surface area contributed by atoms with E-state index in [0.29, 0.717) is 0 Å². The molecule has 11 heavy (non-hydrogen) atoms. The lowest BCUT2D eigenvalue weighted by atomic mass is 10.4. The molecule has 0 aromatic carbocycles. The molecule has 0 rings (SSSR count). The zero-order valence-electron chi connectivity index (χ0n) is 5.81. The van der Waals surface area contributed by atoms with Gasteiger partial charge in [-0.3, -0.25) is 10.0 Å². The fourth-order valence-corrected chi connectivity index (χ4v) is 1.16. The van der Waals surface area contributed by atoms with Gasteiger partial charge in [-0.15, -0.1) is 0 Å². The highest BCUT2D eigenvalue weighted by atomic mass is 32.2. The Kier molecular flexibility index (Phi) is 3.43. The first-order valence-electron chi connectivity index (χ1n) is 2.66. The minimum atomic E-state index is -3.40. The average Bonchev–Trinajstić information content (AvgIpc) is 1.82. The summed E-state index contributed by atoms with van der Waals surface area (Å²) in [6, 6.07) is 0. The summed E-state index contributed by atoms with van der Waals surface area (Å²) >= 11 is 0. The lowest BCUT2D eigenvalue weighted by Crippen LogP contribution is -2.36. The number of amides is 1. The number of hydrogen-bond acceptors (Lipinski definition) is 5. The third-order valence-electron chi connectivity index (χ3n) is 0.873. The Morgan fingerprint density at radius 2 is 2.09 bits per heavy atom. The van der Waals surface area contributed by atoms with Crippen LogP contribution in [0.3, 0.4) is 0 Å². The topological polar surface area (TPSA) is 104 Å². The number of nitrogens with one attached hydrogen (secondary N) is 1. The molecule has 0 fully saturated rings. The van der Waals surface area contributed by atoms with Crippen LogP contribution >= 0.6 is 0 Å². The Morgan fingerprint density at radius 1 is 1.64 bits per heavy atom. The lowest BCUT2D eigenvalue weighted by Gasteiger charge is -2.05. The maximum absolute atomic E-state index is 10.4. The van der Waals surface area contributed by atoms with E-state index in [-0.39, 0.29) is 0 Å². The largest absolute Gasteiger partial charge is 0.382 e. The zero-order chi connectivity index (χ0) is 9.07. The first-order chi connectivity index (χ1) is 4.87. The number of aliphatic hydroxyl groups is 1. The number of rotatable bonds is 3. The minimum Gasteiger partial charge on any atom is -0.382 e. The second-order valence-corrected chi connectivity index (χ2v) is 4.27. The molecule has 0 heterocycles. The van der Waals surface area contributed by atoms with Crippen LogP contribution in [0.25, 0.3) is 0 Å². The quantitative estimate of drug-likeness (QED) is 0.343. The van der Waals surface area contributed by atoms with E-state index in [9.17, 15) is 13.2 Å². The zero-order valence-corrected chi connectivity index (χ0v) is 6.63. The Hall–Kier alpha value is -0.660. The Labute approximate surface area is 63.7 Å². The van der Waals surface area contributed by atoms with Gasteiger partial charge in [0, 0.05) is 6.26 Å². The first-order valence-corrected chi connectivity index (χ1v) is 4.72. The van der Waals surface area contributed by atoms with Crippen LogP contribution in [-0.2, 0) is 14.6 Å². The summed E-state index contributed by atoms with van der Waals surface area (Å²) < 4.78 is 20.9. The highest BCUT2D eigenvalue weighted by molar-refractivity contribution is 7.90. The molecule has 0 aliphatic heterocycles. The molecule has 6 nitrogen and oxygen atoms in total. The molecule has 0 saturated carbocycles. The maximum Gasteiger partial charge on any atom is 0.273 e. The Bertz CT molecular complexity index is 233. The molecule has 66 valence electrons. The van der Waals surface area contributed by atoms with Crippen molar-refractivity contribution in [3.8, 4) is 0 Å². The van der Waals surface area contributed by atoms with Crippen LogP contribution < -0.4 is 5.48 Å². The van der Waals surface area contributed by atoms with Gasteiger partial charge in [0.2, 0.25) is 0 Å². The molecule has 0 saturated heterocycles. The number of carbonyl (C=O) groups excluding carboxylic acids is 1. The predicted molar refractivity (Wildman–Crippen MR) is 35.6 cm³/mol. The van der Waals surface area contributed by atoms with Crippen molar-refractivity contribution in [1.82, 2.24) is 5.48 Å². The molecule has 7 heteroatoms. The predicted octanol–water partition coefficient (Wildman–Crippen LogP) is -2.10. The summed E-state index contributed by atoms with van der Waals surface area (Å²) in [4.78, 5) is 10.3. The van der Waals surface area contributed by atoms with Crippen LogP contribution in [0.1, 0.15) is 0 Å². The van der Waals surface area contributed by atoms with Crippen molar-refractivity contribution in [3.63, 3.8) is 0 Å². The van der Waals surface area contributed by atoms with E-state index in [4.69, 9.17) is 10.3 Å². The highest BCUT2D eigenvalue weighted by Gasteiger charge is 2.19. The highest BCUT2D eigenvalue weighted by Crippen LogP contribution is 1.89. The van der Waals surface area contributed by atoms with E-state index in [1.54, 1.807) is 0 Å².